The van der Waals surface area contributed by atoms with E-state index in [0.717, 1.165) is 59.6 Å². The normalized spacial score (nSPS) is 46.0. The molecule has 16 N–H and O–H groups in total. The van der Waals surface area contributed by atoms with Gasteiger partial charge >= 0.3 is 0 Å². The van der Waals surface area contributed by atoms with Crippen LogP contribution in [-0.4, -0.2) is 334 Å². The summed E-state index contributed by atoms with van der Waals surface area (Å²) in [5, 5.41) is 167. The average Bonchev–Trinajstić information content (AvgIpc) is 1.49. The summed E-state index contributed by atoms with van der Waals surface area (Å²) in [5.41, 5.74) is -3.66. The maximum Gasteiger partial charge on any atom is 0.191 e. The van der Waals surface area contributed by atoms with Crippen LogP contribution in [0.2, 0.25) is 0 Å². The Labute approximate surface area is 902 Å². The number of halogens is 4. The number of fused-ring (bicyclic) bond motifs is 4. The number of benzene rings is 4. The van der Waals surface area contributed by atoms with E-state index in [0.29, 0.717) is 70.5 Å². The van der Waals surface area contributed by atoms with Crippen LogP contribution in [0, 0.1) is 51.0 Å². The summed E-state index contributed by atoms with van der Waals surface area (Å²) in [7, 11) is 0. The SMILES string of the molecule is [2H]C([2H])(CC)Sc1nc(N[C@]2([2H])C[C@@]2([2H])c2ccc(C)c(F)c2)c2nnn([C@]3([2H])C([2H])([2H])[C@]([2H])(OCCO)[C@@]([2H])(O)[C@@]3([2H])O)c2n1.[2H]C([2H])(CO)O[C@@]1([2H])C([2H])([2H])[C@@]([2H])(n2nnc3c(N[C@]4([2H])C[C@@]4([2H])c4ccc(C)c(F)c4)nc(SCCC)nc32)[C@]([2H])(O)[C@]1([2H])O.[2H]C([2H])(O)C([2H])([2H])O[C@@]1([2H])C([2H])([2H])[C@@]([2H])(n2nnc3c(N[C@]4([2H])C[C@@]4([2H])c4ccc(C)c(F)c4)nc(SCCC)nc32)[C@]([2H])(O)[C@]1([2H])O.[2H]C([2H])(O)CO[C@@]1([2H])C([2H])([2H])[C@@]([2H])(n2nnc3c(N[C@]4([2H])C[C@@]4([2H])c4ccc(C)c(F)c4)nc(SCCC)nc32)[C@]([2H])(O)[C@]1([2H])O. The molecule has 40 nitrogen and oxygen atoms in total. The fourth-order valence-electron chi connectivity index (χ4n) is 14.1. The van der Waals surface area contributed by atoms with E-state index in [9.17, 15) is 78.8 Å². The highest BCUT2D eigenvalue weighted by atomic mass is 32.2. The third-order valence-corrected chi connectivity index (χ3v) is 25.7. The molecule has 0 aliphatic heterocycles. The monoisotopic (exact) mass is 2120 g/mol. The van der Waals surface area contributed by atoms with Gasteiger partial charge in [-0.2, -0.15) is 0 Å². The minimum absolute atomic E-state index is 0.0275. The van der Waals surface area contributed by atoms with Crippen molar-refractivity contribution in [3.63, 3.8) is 0 Å². The second-order valence-electron chi connectivity index (χ2n) is 31.9. The van der Waals surface area contributed by atoms with Crippen molar-refractivity contribution in [2.24, 2.45) is 0 Å². The van der Waals surface area contributed by atoms with Crippen LogP contribution in [0.3, 0.4) is 0 Å². The van der Waals surface area contributed by atoms with Crippen LogP contribution >= 0.6 is 47.0 Å². The van der Waals surface area contributed by atoms with Crippen molar-refractivity contribution >= 4 is 115 Å². The lowest BCUT2D eigenvalue weighted by Crippen LogP contribution is -2.33. The van der Waals surface area contributed by atoms with Crippen LogP contribution in [0.25, 0.3) is 44.7 Å². The minimum Gasteiger partial charge on any atom is -0.394 e. The van der Waals surface area contributed by atoms with Gasteiger partial charge in [0.1, 0.15) is 71.9 Å². The van der Waals surface area contributed by atoms with E-state index in [1.54, 1.807) is 20.8 Å². The highest BCUT2D eigenvalue weighted by molar-refractivity contribution is 7.99. The summed E-state index contributed by atoms with van der Waals surface area (Å²) in [4.78, 5) is 34.2. The summed E-state index contributed by atoms with van der Waals surface area (Å²) in [6.45, 7) is -5.78. The molecule has 0 bridgehead atoms. The van der Waals surface area contributed by atoms with Gasteiger partial charge in [0, 0.05) is 115 Å². The Balaban J connectivity index is 0.000000163. The number of nitrogens with zero attached hydrogens (tertiary/aromatic N) is 20. The predicted octanol–water partition coefficient (Wildman–Crippen LogP) is 8.73. The zero-order chi connectivity index (χ0) is 140. The smallest absolute Gasteiger partial charge is 0.191 e. The molecule has 12 aromatic rings. The molecule has 8 saturated carbocycles. The Morgan fingerprint density at radius 1 is 0.361 bits per heavy atom. The van der Waals surface area contributed by atoms with Crippen LogP contribution in [0.15, 0.2) is 93.4 Å². The summed E-state index contributed by atoms with van der Waals surface area (Å²) in [6, 6.07) is -5.58. The third-order valence-electron chi connectivity index (χ3n) is 21.7. The average molecular weight is 2120 g/mol. The first-order valence-electron chi connectivity index (χ1n) is 65.1. The standard InChI is InChI=1S/4C24H31FN6O4S/c4*1-3-8-36-24-27-22(26-16-10-14(16)13-5-4-12(2)15(25)9-13)19-23(28-24)31(30-29-19)17-11-18(35-7-6-32)21(34)20(17)33/h4*4-5,9,14,16-18,20-21,32-34H,3,6-8,10-11H2,1-2H3,(H,26,27,28)/t4*14-,16+,17+,18-,20-,21+/m0000/s1/i6D2,7D2,11D2,14D,16D,17D,18D,20D,21D;8D2,11D2,14D,16D,17D,18D,20D,21D;7D2,11D2,14D,16D,17D,18D,20D,21D;6D2,11D2,14D,16D,17D,18D,20D,21D. The molecule has 8 aromatic heterocycles. The van der Waals surface area contributed by atoms with Gasteiger partial charge in [-0.25, -0.2) is 76.2 Å². The van der Waals surface area contributed by atoms with Crippen molar-refractivity contribution in [2.75, 3.05) is 96.9 Å². The molecule has 0 amide bonds. The van der Waals surface area contributed by atoms with Crippen molar-refractivity contribution < 1.29 is 155 Å². The van der Waals surface area contributed by atoms with Gasteiger partial charge in [0.25, 0.3) is 0 Å². The van der Waals surface area contributed by atoms with E-state index in [4.69, 9.17) is 71.8 Å². The van der Waals surface area contributed by atoms with Gasteiger partial charge in [-0.1, -0.05) is 144 Å². The van der Waals surface area contributed by atoms with E-state index < -0.39 is 285 Å². The molecule has 0 unspecified atom stereocenters. The first kappa shape index (κ1) is 64.7. The Morgan fingerprint density at radius 2 is 0.639 bits per heavy atom. The van der Waals surface area contributed by atoms with Crippen LogP contribution in [0.5, 0.6) is 0 Å². The molecule has 8 aliphatic rings. The van der Waals surface area contributed by atoms with Crippen molar-refractivity contribution in [3.05, 3.63) is 141 Å². The molecular formula is C96H124F4N24O16S4. The first-order chi connectivity index (χ1) is 84.6. The van der Waals surface area contributed by atoms with Gasteiger partial charge < -0.3 is 101 Å². The second-order valence-corrected chi connectivity index (χ2v) is 35.9. The third kappa shape index (κ3) is 23.8. The van der Waals surface area contributed by atoms with Gasteiger partial charge in [-0.15, -0.1) is 20.4 Å². The van der Waals surface area contributed by atoms with Crippen LogP contribution in [0.4, 0.5) is 40.8 Å². The van der Waals surface area contributed by atoms with Gasteiger partial charge in [0.2, 0.25) is 0 Å². The van der Waals surface area contributed by atoms with Gasteiger partial charge in [-0.3, -0.25) is 0 Å². The van der Waals surface area contributed by atoms with Crippen molar-refractivity contribution in [3.8, 4) is 0 Å². The molecule has 144 heavy (non-hydrogen) atoms. The number of aromatic nitrogens is 20. The van der Waals surface area contributed by atoms with Gasteiger partial charge in [-0.05, 0) is 148 Å². The maximum atomic E-state index is 14.4. The van der Waals surface area contributed by atoms with Crippen molar-refractivity contribution in [1.29, 1.82) is 0 Å². The fourth-order valence-corrected chi connectivity index (χ4v) is 16.7. The van der Waals surface area contributed by atoms with E-state index >= 15 is 0 Å². The molecule has 0 spiro atoms. The predicted molar refractivity (Wildman–Crippen MR) is 530 cm³/mol. The molecule has 8 heterocycles. The largest absolute Gasteiger partial charge is 0.394 e. The van der Waals surface area contributed by atoms with Crippen LogP contribution in [0.1, 0.15) is 254 Å². The number of aliphatic hydroxyl groups is 12. The van der Waals surface area contributed by atoms with E-state index in [-0.39, 0.29) is 128 Å². The number of ether oxygens (including phenoxy) is 4. The summed E-state index contributed by atoms with van der Waals surface area (Å²) < 4.78 is 432. The highest BCUT2D eigenvalue weighted by Crippen LogP contribution is 2.50. The maximum absolute atomic E-state index is 14.4. The Kier molecular flexibility index (Phi) is 21.3. The van der Waals surface area contributed by atoms with Crippen molar-refractivity contribution in [1.82, 2.24) is 99.8 Å². The van der Waals surface area contributed by atoms with E-state index in [1.165, 1.54) is 62.4 Å². The number of hydrogen-bond acceptors (Lipinski definition) is 40. The topological polar surface area (TPSA) is 554 Å². The van der Waals surface area contributed by atoms with E-state index in [1.807, 2.05) is 20.8 Å². The Hall–Kier alpha value is -9.52. The minimum atomic E-state index is -4.29. The summed E-state index contributed by atoms with van der Waals surface area (Å²) >= 11 is 3.70. The quantitative estimate of drug-likeness (QED) is 0.00969. The second kappa shape index (κ2) is 47.3. The van der Waals surface area contributed by atoms with Crippen LogP contribution < -0.4 is 21.3 Å². The Morgan fingerprint density at radius 3 is 0.896 bits per heavy atom. The summed E-state index contributed by atoms with van der Waals surface area (Å²) in [6.07, 6.45) is -61.9. The number of aryl methyl sites for hydroxylation is 4. The number of hydrogen-bond donors (Lipinski definition) is 16. The molecule has 0 saturated heterocycles. The lowest BCUT2D eigenvalue weighted by Gasteiger charge is -2.17. The van der Waals surface area contributed by atoms with Gasteiger partial charge in [0.15, 0.2) is 88.6 Å². The molecule has 48 heteroatoms. The molecular weight excluding hydrogens is 1950 g/mol. The number of thioether (sulfide) groups is 4. The fraction of sp³-hybridized carbons (Fsp3) is 0.583. The first-order valence-corrected chi connectivity index (χ1v) is 47.9. The lowest BCUT2D eigenvalue weighted by atomic mass is 10.1. The summed E-state index contributed by atoms with van der Waals surface area (Å²) in [5.74, 6) is -8.71. The molecule has 8 aliphatic carbocycles. The van der Waals surface area contributed by atoms with E-state index in [2.05, 4.69) is 107 Å². The number of aliphatic hydroxyl groups excluding tert-OH is 2. The lowest BCUT2D eigenvalue weighted by molar-refractivity contribution is -0.0629. The molecule has 0 radical (unpaired) electrons. The Bertz CT molecular complexity index is 8870. The molecule has 24 atom stereocenters. The number of nitrogens with one attached hydrogen (secondary N) is 4. The van der Waals surface area contributed by atoms with Crippen molar-refractivity contribution in [2.45, 2.75) is 298 Å². The van der Waals surface area contributed by atoms with Gasteiger partial charge in [0.05, 0.1) is 139 Å². The number of anilines is 4. The zero-order valence-electron chi connectivity index (χ0n) is 119. The number of rotatable bonds is 40. The van der Waals surface area contributed by atoms with Crippen LogP contribution in [-0.2, 0) is 18.9 Å². The zero-order valence-corrected chi connectivity index (χ0v) is 80.4. The molecule has 20 rings (SSSR count). The molecule has 8 fully saturated rings. The molecule has 4 aromatic carbocycles. The molecule has 776 valence electrons. The highest BCUT2D eigenvalue weighted by Gasteiger charge is 2.51.